The van der Waals surface area contributed by atoms with Crippen LogP contribution in [0.2, 0.25) is 0 Å². The lowest BCUT2D eigenvalue weighted by molar-refractivity contribution is 0.327. The Morgan fingerprint density at radius 2 is 1.70 bits per heavy atom. The minimum Gasteiger partial charge on any atom is -0.493 e. The van der Waals surface area contributed by atoms with Gasteiger partial charge in [-0.2, -0.15) is 0 Å². The maximum atomic E-state index is 5.82. The van der Waals surface area contributed by atoms with Gasteiger partial charge < -0.3 is 14.2 Å². The van der Waals surface area contributed by atoms with E-state index < -0.39 is 0 Å². The molecular formula is C23H18BrN3O3. The van der Waals surface area contributed by atoms with Crippen molar-refractivity contribution in [1.82, 2.24) is 14.4 Å². The van der Waals surface area contributed by atoms with E-state index in [1.807, 2.05) is 59.1 Å². The summed E-state index contributed by atoms with van der Waals surface area (Å²) in [5.41, 5.74) is 4.09. The van der Waals surface area contributed by atoms with E-state index in [1.165, 1.54) is 0 Å². The van der Waals surface area contributed by atoms with Crippen LogP contribution >= 0.6 is 15.9 Å². The summed E-state index contributed by atoms with van der Waals surface area (Å²) in [5, 5.41) is 1.71. The first-order valence-electron chi connectivity index (χ1n) is 9.31. The fourth-order valence-electron chi connectivity index (χ4n) is 3.85. The first-order valence-corrected chi connectivity index (χ1v) is 10.1. The van der Waals surface area contributed by atoms with Gasteiger partial charge in [-0.3, -0.25) is 4.40 Å². The van der Waals surface area contributed by atoms with E-state index >= 15 is 0 Å². The molecule has 5 aromatic rings. The summed E-state index contributed by atoms with van der Waals surface area (Å²) >= 11 is 3.57. The normalized spacial score (nSPS) is 11.3. The molecular weight excluding hydrogens is 446 g/mol. The first-order chi connectivity index (χ1) is 14.7. The average Bonchev–Trinajstić information content (AvgIpc) is 3.15. The van der Waals surface area contributed by atoms with Gasteiger partial charge in [-0.15, -0.1) is 0 Å². The topological polar surface area (TPSA) is 57.9 Å². The summed E-state index contributed by atoms with van der Waals surface area (Å²) in [4.78, 5) is 9.89. The quantitative estimate of drug-likeness (QED) is 0.352. The number of imidazole rings is 1. The Kier molecular flexibility index (Phi) is 4.47. The van der Waals surface area contributed by atoms with Crippen molar-refractivity contribution in [3.05, 3.63) is 59.2 Å². The lowest BCUT2D eigenvalue weighted by Gasteiger charge is -2.17. The van der Waals surface area contributed by atoms with E-state index in [0.717, 1.165) is 43.3 Å². The van der Waals surface area contributed by atoms with Crippen LogP contribution in [0.1, 0.15) is 0 Å². The van der Waals surface area contributed by atoms with Gasteiger partial charge in [0, 0.05) is 21.6 Å². The highest BCUT2D eigenvalue weighted by molar-refractivity contribution is 9.10. The van der Waals surface area contributed by atoms with Gasteiger partial charge in [-0.1, -0.05) is 34.1 Å². The second-order valence-electron chi connectivity index (χ2n) is 6.75. The van der Waals surface area contributed by atoms with Crippen LogP contribution in [0, 0.1) is 0 Å². The van der Waals surface area contributed by atoms with Crippen LogP contribution in [0.5, 0.6) is 17.2 Å². The van der Waals surface area contributed by atoms with Crippen LogP contribution in [0.3, 0.4) is 0 Å². The molecule has 0 saturated heterocycles. The number of nitrogens with zero attached hydrogens (tertiary/aromatic N) is 3. The molecule has 0 bridgehead atoms. The minimum absolute atomic E-state index is 0.522. The zero-order valence-corrected chi connectivity index (χ0v) is 18.2. The van der Waals surface area contributed by atoms with E-state index in [-0.39, 0.29) is 0 Å². The van der Waals surface area contributed by atoms with Gasteiger partial charge in [-0.05, 0) is 30.3 Å². The van der Waals surface area contributed by atoms with Gasteiger partial charge in [0.25, 0.3) is 0 Å². The molecule has 7 heteroatoms. The maximum absolute atomic E-state index is 5.82. The van der Waals surface area contributed by atoms with E-state index in [2.05, 4.69) is 15.9 Å². The SMILES string of the molecule is COc1cc2c(c(-c3cccc(Br)c3)nc3c2nc2ccccn23)c(OC)c1OC. The molecule has 30 heavy (non-hydrogen) atoms. The molecule has 0 aliphatic heterocycles. The van der Waals surface area contributed by atoms with Crippen molar-refractivity contribution in [3.63, 3.8) is 0 Å². The van der Waals surface area contributed by atoms with Crippen molar-refractivity contribution in [2.24, 2.45) is 0 Å². The van der Waals surface area contributed by atoms with Crippen LogP contribution in [0.15, 0.2) is 59.2 Å². The molecule has 0 unspecified atom stereocenters. The van der Waals surface area contributed by atoms with Gasteiger partial charge in [-0.25, -0.2) is 9.97 Å². The number of pyridine rings is 2. The van der Waals surface area contributed by atoms with Crippen molar-refractivity contribution in [3.8, 4) is 28.5 Å². The first kappa shape index (κ1) is 18.7. The second kappa shape index (κ2) is 7.18. The Morgan fingerprint density at radius 1 is 0.867 bits per heavy atom. The van der Waals surface area contributed by atoms with E-state index in [4.69, 9.17) is 24.2 Å². The van der Waals surface area contributed by atoms with Crippen LogP contribution in [0.4, 0.5) is 0 Å². The monoisotopic (exact) mass is 463 g/mol. The smallest absolute Gasteiger partial charge is 0.204 e. The third kappa shape index (κ3) is 2.69. The standard InChI is InChI=1S/C23H18BrN3O3/c1-28-16-12-15-18(22(30-3)21(16)29-2)19(13-7-6-8-14(24)11-13)26-23-20(15)25-17-9-4-5-10-27(17)23/h4-12H,1-3H3. The molecule has 6 nitrogen and oxygen atoms in total. The zero-order valence-electron chi connectivity index (χ0n) is 16.6. The van der Waals surface area contributed by atoms with Gasteiger partial charge in [0.2, 0.25) is 5.75 Å². The van der Waals surface area contributed by atoms with Crippen LogP contribution in [-0.4, -0.2) is 35.7 Å². The number of benzene rings is 2. The summed E-state index contributed by atoms with van der Waals surface area (Å²) in [6.45, 7) is 0. The Morgan fingerprint density at radius 3 is 2.43 bits per heavy atom. The zero-order chi connectivity index (χ0) is 20.8. The molecule has 0 N–H and O–H groups in total. The molecule has 0 saturated carbocycles. The number of rotatable bonds is 4. The van der Waals surface area contributed by atoms with Crippen LogP contribution in [-0.2, 0) is 0 Å². The van der Waals surface area contributed by atoms with E-state index in [0.29, 0.717) is 17.2 Å². The number of hydrogen-bond donors (Lipinski definition) is 0. The highest BCUT2D eigenvalue weighted by atomic mass is 79.9. The molecule has 2 aromatic carbocycles. The van der Waals surface area contributed by atoms with Crippen molar-refractivity contribution in [1.29, 1.82) is 0 Å². The Hall–Kier alpha value is -3.32. The fraction of sp³-hybridized carbons (Fsp3) is 0.130. The molecule has 0 aliphatic carbocycles. The molecule has 0 amide bonds. The third-order valence-corrected chi connectivity index (χ3v) is 5.64. The molecule has 0 fully saturated rings. The molecule has 3 aromatic heterocycles. The van der Waals surface area contributed by atoms with Gasteiger partial charge >= 0.3 is 0 Å². The number of methoxy groups -OCH3 is 3. The molecule has 0 atom stereocenters. The number of halogens is 1. The minimum atomic E-state index is 0.522. The number of ether oxygens (including phenoxy) is 3. The molecule has 5 rings (SSSR count). The van der Waals surface area contributed by atoms with Crippen molar-refractivity contribution in [2.75, 3.05) is 21.3 Å². The lowest BCUT2D eigenvalue weighted by atomic mass is 10.0. The summed E-state index contributed by atoms with van der Waals surface area (Å²) in [6.07, 6.45) is 1.96. The molecule has 0 aliphatic rings. The fourth-order valence-corrected chi connectivity index (χ4v) is 4.25. The van der Waals surface area contributed by atoms with Gasteiger partial charge in [0.05, 0.1) is 32.4 Å². The van der Waals surface area contributed by atoms with Crippen molar-refractivity contribution in [2.45, 2.75) is 0 Å². The van der Waals surface area contributed by atoms with Gasteiger partial charge in [0.15, 0.2) is 17.1 Å². The highest BCUT2D eigenvalue weighted by Gasteiger charge is 2.24. The second-order valence-corrected chi connectivity index (χ2v) is 7.67. The Bertz CT molecular complexity index is 1430. The highest BCUT2D eigenvalue weighted by Crippen LogP contribution is 2.48. The summed E-state index contributed by atoms with van der Waals surface area (Å²) < 4.78 is 20.0. The summed E-state index contributed by atoms with van der Waals surface area (Å²) in [7, 11) is 4.83. The Balaban J connectivity index is 2.05. The number of hydrogen-bond acceptors (Lipinski definition) is 5. The van der Waals surface area contributed by atoms with E-state index in [1.54, 1.807) is 21.3 Å². The molecule has 150 valence electrons. The Labute approximate surface area is 181 Å². The molecule has 0 radical (unpaired) electrons. The summed E-state index contributed by atoms with van der Waals surface area (Å²) in [5.74, 6) is 1.66. The molecule has 0 spiro atoms. The lowest BCUT2D eigenvalue weighted by Crippen LogP contribution is -1.99. The van der Waals surface area contributed by atoms with Crippen LogP contribution in [0.25, 0.3) is 38.8 Å². The van der Waals surface area contributed by atoms with Crippen molar-refractivity contribution < 1.29 is 14.2 Å². The number of fused-ring (bicyclic) bond motifs is 5. The predicted molar refractivity (Wildman–Crippen MR) is 121 cm³/mol. The van der Waals surface area contributed by atoms with Crippen LogP contribution < -0.4 is 14.2 Å². The third-order valence-electron chi connectivity index (χ3n) is 5.14. The number of aromatic nitrogens is 3. The molecule has 3 heterocycles. The van der Waals surface area contributed by atoms with Gasteiger partial charge in [0.1, 0.15) is 11.2 Å². The average molecular weight is 464 g/mol. The maximum Gasteiger partial charge on any atom is 0.204 e. The predicted octanol–water partition coefficient (Wildman–Crippen LogP) is 5.49. The summed E-state index contributed by atoms with van der Waals surface area (Å²) in [6, 6.07) is 15.9. The van der Waals surface area contributed by atoms with Crippen molar-refractivity contribution >= 4 is 43.5 Å². The van der Waals surface area contributed by atoms with E-state index in [9.17, 15) is 0 Å². The largest absolute Gasteiger partial charge is 0.493 e.